The molecule has 1 unspecified atom stereocenters. The summed E-state index contributed by atoms with van der Waals surface area (Å²) in [6, 6.07) is 5.56. The lowest BCUT2D eigenvalue weighted by Gasteiger charge is -2.28. The molecule has 4 nitrogen and oxygen atoms in total. The maximum Gasteiger partial charge on any atom is 0.256 e. The van der Waals surface area contributed by atoms with Gasteiger partial charge in [0.1, 0.15) is 11.4 Å². The zero-order valence-electron chi connectivity index (χ0n) is 13.2. The second kappa shape index (κ2) is 6.75. The lowest BCUT2D eigenvalue weighted by molar-refractivity contribution is -0.137. The molecule has 0 aromatic heterocycles. The van der Waals surface area contributed by atoms with Gasteiger partial charge in [-0.25, -0.2) is 0 Å². The molecule has 1 aromatic carbocycles. The summed E-state index contributed by atoms with van der Waals surface area (Å²) in [7, 11) is 3.20. The molecule has 0 aliphatic rings. The number of amides is 1. The van der Waals surface area contributed by atoms with Crippen LogP contribution in [0.1, 0.15) is 32.8 Å². The summed E-state index contributed by atoms with van der Waals surface area (Å²) in [6.07, 6.45) is 0.671. The summed E-state index contributed by atoms with van der Waals surface area (Å²) in [4.78, 5) is 12.4. The predicted molar refractivity (Wildman–Crippen MR) is 81.2 cm³/mol. The predicted octanol–water partition coefficient (Wildman–Crippen LogP) is 3.39. The number of rotatable bonds is 6. The molecule has 1 amide bonds. The molecular formula is C16H25NO3. The molecule has 4 heteroatoms. The monoisotopic (exact) mass is 279 g/mol. The molecule has 0 aliphatic heterocycles. The van der Waals surface area contributed by atoms with E-state index in [0.29, 0.717) is 12.3 Å². The molecule has 0 spiro atoms. The number of anilines is 1. The van der Waals surface area contributed by atoms with Gasteiger partial charge in [0.25, 0.3) is 5.91 Å². The Kier molecular flexibility index (Phi) is 5.57. The minimum absolute atomic E-state index is 0.127. The molecule has 1 rings (SSSR count). The van der Waals surface area contributed by atoms with Crippen LogP contribution < -0.4 is 10.1 Å². The van der Waals surface area contributed by atoms with Crippen LogP contribution in [0, 0.1) is 12.8 Å². The van der Waals surface area contributed by atoms with Gasteiger partial charge in [-0.1, -0.05) is 13.8 Å². The molecule has 20 heavy (non-hydrogen) atoms. The summed E-state index contributed by atoms with van der Waals surface area (Å²) >= 11 is 0. The zero-order chi connectivity index (χ0) is 15.3. The van der Waals surface area contributed by atoms with Gasteiger partial charge in [0.2, 0.25) is 0 Å². The molecule has 0 saturated carbocycles. The molecule has 1 N–H and O–H groups in total. The third kappa shape index (κ3) is 3.97. The molecule has 0 saturated heterocycles. The third-order valence-electron chi connectivity index (χ3n) is 3.38. The van der Waals surface area contributed by atoms with E-state index in [1.807, 2.05) is 32.0 Å². The van der Waals surface area contributed by atoms with Crippen molar-refractivity contribution in [2.75, 3.05) is 19.5 Å². The van der Waals surface area contributed by atoms with E-state index in [2.05, 4.69) is 19.2 Å². The van der Waals surface area contributed by atoms with E-state index in [-0.39, 0.29) is 5.91 Å². The topological polar surface area (TPSA) is 47.6 Å². The average molecular weight is 279 g/mol. The van der Waals surface area contributed by atoms with Crippen molar-refractivity contribution in [2.45, 2.75) is 39.7 Å². The van der Waals surface area contributed by atoms with Crippen molar-refractivity contribution in [2.24, 2.45) is 5.92 Å². The Balaban J connectivity index is 2.86. The van der Waals surface area contributed by atoms with Gasteiger partial charge in [0.05, 0.1) is 7.11 Å². The number of methoxy groups -OCH3 is 2. The van der Waals surface area contributed by atoms with E-state index in [9.17, 15) is 4.79 Å². The molecule has 112 valence electrons. The second-order valence-corrected chi connectivity index (χ2v) is 5.67. The number of carbonyl (C=O) groups excluding carboxylic acids is 1. The van der Waals surface area contributed by atoms with Crippen molar-refractivity contribution in [1.82, 2.24) is 0 Å². The van der Waals surface area contributed by atoms with Crippen LogP contribution in [0.15, 0.2) is 18.2 Å². The van der Waals surface area contributed by atoms with Gasteiger partial charge < -0.3 is 14.8 Å². The zero-order valence-corrected chi connectivity index (χ0v) is 13.2. The van der Waals surface area contributed by atoms with Crippen molar-refractivity contribution >= 4 is 11.6 Å². The highest BCUT2D eigenvalue weighted by molar-refractivity contribution is 5.97. The first-order valence-electron chi connectivity index (χ1n) is 6.83. The van der Waals surface area contributed by atoms with Gasteiger partial charge in [-0.3, -0.25) is 4.79 Å². The molecule has 0 fully saturated rings. The highest BCUT2D eigenvalue weighted by atomic mass is 16.5. The highest BCUT2D eigenvalue weighted by Crippen LogP contribution is 2.25. The maximum atomic E-state index is 12.4. The van der Waals surface area contributed by atoms with Crippen LogP contribution in [0.25, 0.3) is 0 Å². The van der Waals surface area contributed by atoms with Gasteiger partial charge in [-0.05, 0) is 49.9 Å². The highest BCUT2D eigenvalue weighted by Gasteiger charge is 2.33. The van der Waals surface area contributed by atoms with Gasteiger partial charge in [0.15, 0.2) is 0 Å². The van der Waals surface area contributed by atoms with Crippen LogP contribution in [-0.2, 0) is 9.53 Å². The Labute approximate surface area is 121 Å². The van der Waals surface area contributed by atoms with Crippen LogP contribution in [0.3, 0.4) is 0 Å². The van der Waals surface area contributed by atoms with Crippen LogP contribution in [0.4, 0.5) is 5.69 Å². The Morgan fingerprint density at radius 2 is 2.00 bits per heavy atom. The normalized spacial score (nSPS) is 13.9. The average Bonchev–Trinajstić information content (AvgIpc) is 2.38. The molecule has 1 aromatic rings. The fraction of sp³-hybridized carbons (Fsp3) is 0.562. The van der Waals surface area contributed by atoms with Crippen molar-refractivity contribution in [3.05, 3.63) is 23.8 Å². The number of carbonyl (C=O) groups is 1. The van der Waals surface area contributed by atoms with E-state index >= 15 is 0 Å². The van der Waals surface area contributed by atoms with Gasteiger partial charge in [-0.2, -0.15) is 0 Å². The van der Waals surface area contributed by atoms with E-state index < -0.39 is 5.60 Å². The van der Waals surface area contributed by atoms with Crippen LogP contribution in [-0.4, -0.2) is 25.7 Å². The van der Waals surface area contributed by atoms with E-state index in [1.54, 1.807) is 14.2 Å². The lowest BCUT2D eigenvalue weighted by atomic mass is 9.93. The fourth-order valence-corrected chi connectivity index (χ4v) is 2.27. The number of benzene rings is 1. The maximum absolute atomic E-state index is 12.4. The van der Waals surface area contributed by atoms with Crippen molar-refractivity contribution in [3.8, 4) is 5.75 Å². The molecule has 0 heterocycles. The number of ether oxygens (including phenoxy) is 2. The van der Waals surface area contributed by atoms with E-state index in [1.165, 1.54) is 0 Å². The minimum Gasteiger partial charge on any atom is -0.496 e. The number of nitrogens with one attached hydrogen (secondary N) is 1. The smallest absolute Gasteiger partial charge is 0.256 e. The lowest BCUT2D eigenvalue weighted by Crippen LogP contribution is -2.43. The summed E-state index contributed by atoms with van der Waals surface area (Å²) in [5.74, 6) is 1.06. The van der Waals surface area contributed by atoms with Crippen LogP contribution in [0.2, 0.25) is 0 Å². The van der Waals surface area contributed by atoms with E-state index in [4.69, 9.17) is 9.47 Å². The van der Waals surface area contributed by atoms with E-state index in [0.717, 1.165) is 17.0 Å². The summed E-state index contributed by atoms with van der Waals surface area (Å²) in [5, 5.41) is 2.91. The van der Waals surface area contributed by atoms with Crippen LogP contribution >= 0.6 is 0 Å². The first-order valence-corrected chi connectivity index (χ1v) is 6.83. The number of hydrogen-bond acceptors (Lipinski definition) is 3. The molecule has 0 aliphatic carbocycles. The molecule has 0 bridgehead atoms. The Bertz CT molecular complexity index is 471. The van der Waals surface area contributed by atoms with Crippen molar-refractivity contribution in [1.29, 1.82) is 0 Å². The standard InChI is InChI=1S/C16H25NO3/c1-11(2)10-16(4,20-6)15(18)17-13-7-8-14(19-5)12(3)9-13/h7-9,11H,10H2,1-6H3,(H,17,18). The molecule has 1 atom stereocenters. The molecular weight excluding hydrogens is 254 g/mol. The quantitative estimate of drug-likeness (QED) is 0.868. The van der Waals surface area contributed by atoms with Gasteiger partial charge >= 0.3 is 0 Å². The SMILES string of the molecule is COc1ccc(NC(=O)C(C)(CC(C)C)OC)cc1C. The third-order valence-corrected chi connectivity index (χ3v) is 3.38. The first-order chi connectivity index (χ1) is 9.32. The van der Waals surface area contributed by atoms with Crippen molar-refractivity contribution < 1.29 is 14.3 Å². The minimum atomic E-state index is -0.817. The molecule has 0 radical (unpaired) electrons. The van der Waals surface area contributed by atoms with Crippen LogP contribution in [0.5, 0.6) is 5.75 Å². The second-order valence-electron chi connectivity index (χ2n) is 5.67. The summed E-state index contributed by atoms with van der Waals surface area (Å²) in [5.41, 5.74) is 0.913. The largest absolute Gasteiger partial charge is 0.496 e. The number of aryl methyl sites for hydroxylation is 1. The Morgan fingerprint density at radius 1 is 1.35 bits per heavy atom. The van der Waals surface area contributed by atoms with Gasteiger partial charge in [-0.15, -0.1) is 0 Å². The number of hydrogen-bond donors (Lipinski definition) is 1. The Hall–Kier alpha value is -1.55. The Morgan fingerprint density at radius 3 is 2.45 bits per heavy atom. The summed E-state index contributed by atoms with van der Waals surface area (Å²) in [6.45, 7) is 7.90. The van der Waals surface area contributed by atoms with Gasteiger partial charge in [0, 0.05) is 12.8 Å². The fourth-order valence-electron chi connectivity index (χ4n) is 2.27. The first kappa shape index (κ1) is 16.5. The van der Waals surface area contributed by atoms with Crippen molar-refractivity contribution in [3.63, 3.8) is 0 Å². The summed E-state index contributed by atoms with van der Waals surface area (Å²) < 4.78 is 10.6.